The minimum absolute atomic E-state index is 0.0470. The van der Waals surface area contributed by atoms with E-state index in [1.807, 2.05) is 101 Å². The third kappa shape index (κ3) is 5.84. The molecule has 9 aromatic rings. The average molecular weight is 768 g/mol. The smallest absolute Gasteiger partial charge is 0.336 e. The lowest BCUT2D eigenvalue weighted by Gasteiger charge is -2.14. The highest BCUT2D eigenvalue weighted by atomic mass is 16.5. The lowest BCUT2D eigenvalue weighted by molar-refractivity contribution is 0.0688. The van der Waals surface area contributed by atoms with Crippen LogP contribution in [0.3, 0.4) is 0 Å². The summed E-state index contributed by atoms with van der Waals surface area (Å²) in [5, 5.41) is 23.6. The molecule has 0 atom stereocenters. The van der Waals surface area contributed by atoms with Gasteiger partial charge >= 0.3 is 11.9 Å². The number of rotatable bonds is 9. The summed E-state index contributed by atoms with van der Waals surface area (Å²) >= 11 is 0. The Bertz CT molecular complexity index is 3160. The van der Waals surface area contributed by atoms with Crippen molar-refractivity contribution in [1.29, 1.82) is 0 Å². The first kappa shape index (κ1) is 36.3. The Kier molecular flexibility index (Phi) is 8.77. The summed E-state index contributed by atoms with van der Waals surface area (Å²) in [5.74, 6) is -0.789. The van der Waals surface area contributed by atoms with Crippen LogP contribution in [-0.4, -0.2) is 37.1 Å². The highest BCUT2D eigenvalue weighted by Crippen LogP contribution is 2.45. The molecule has 0 fully saturated rings. The highest BCUT2D eigenvalue weighted by Gasteiger charge is 2.26. The zero-order valence-electron chi connectivity index (χ0n) is 32.4. The van der Waals surface area contributed by atoms with E-state index in [9.17, 15) is 19.8 Å². The van der Waals surface area contributed by atoms with Gasteiger partial charge in [0.1, 0.15) is 34.9 Å². The van der Waals surface area contributed by atoms with E-state index in [2.05, 4.69) is 4.98 Å². The number of carbonyl (C=O) groups is 2. The number of aromatic carboxylic acids is 2. The summed E-state index contributed by atoms with van der Waals surface area (Å²) < 4.78 is 19.2. The van der Waals surface area contributed by atoms with Gasteiger partial charge in [-0.15, -0.1) is 0 Å². The molecule has 5 aromatic heterocycles. The summed E-state index contributed by atoms with van der Waals surface area (Å²) in [5.41, 5.74) is 10.2. The third-order valence-electron chi connectivity index (χ3n) is 11.0. The van der Waals surface area contributed by atoms with E-state index in [0.717, 1.165) is 55.3 Å². The molecular weight excluding hydrogens is 731 g/mol. The second kappa shape index (κ2) is 14.0. The van der Waals surface area contributed by atoms with Crippen molar-refractivity contribution in [2.75, 3.05) is 0 Å². The molecule has 0 amide bonds. The highest BCUT2D eigenvalue weighted by molar-refractivity contribution is 6.11. The average Bonchev–Trinajstić information content (AvgIpc) is 3.76. The van der Waals surface area contributed by atoms with Gasteiger partial charge in [0, 0.05) is 45.2 Å². The van der Waals surface area contributed by atoms with Gasteiger partial charge in [0.25, 0.3) is 0 Å². The molecule has 0 radical (unpaired) electrons. The first-order valence-electron chi connectivity index (χ1n) is 18.9. The fourth-order valence-electron chi connectivity index (χ4n) is 8.16. The van der Waals surface area contributed by atoms with E-state index in [4.69, 9.17) is 23.5 Å². The maximum absolute atomic E-state index is 12.9. The van der Waals surface area contributed by atoms with Crippen molar-refractivity contribution in [3.8, 4) is 39.8 Å². The summed E-state index contributed by atoms with van der Waals surface area (Å²) in [6.45, 7) is 9.95. The minimum Gasteiger partial charge on any atom is -0.488 e. The molecule has 58 heavy (non-hydrogen) atoms. The van der Waals surface area contributed by atoms with Gasteiger partial charge in [-0.3, -0.25) is 4.98 Å². The number of carboxylic acids is 2. The van der Waals surface area contributed by atoms with Gasteiger partial charge in [-0.25, -0.2) is 19.6 Å². The lowest BCUT2D eigenvalue weighted by atomic mass is 9.93. The fraction of sp³-hybridized carbons (Fsp3) is 0.146. The number of ether oxygens (including phenoxy) is 1. The Hall–Kier alpha value is -7.33. The van der Waals surface area contributed by atoms with Crippen LogP contribution in [0.15, 0.2) is 106 Å². The van der Waals surface area contributed by atoms with Crippen LogP contribution < -0.4 is 4.74 Å². The Morgan fingerprint density at radius 2 is 1.21 bits per heavy atom. The van der Waals surface area contributed by atoms with E-state index in [1.165, 1.54) is 0 Å². The number of pyridine rings is 3. The second-order valence-electron chi connectivity index (χ2n) is 14.6. The van der Waals surface area contributed by atoms with Crippen LogP contribution in [0.4, 0.5) is 0 Å². The molecule has 0 aliphatic carbocycles. The SMILES string of the molecule is CCc1ccc(C)c2nc(-c3oc4cccc(-c5cccc6oc(-c7cc(C(=O)O)c8c(OCc9cccnc9)ccc(C)c8n7)c(C)c56)c4c3C)cc(C(=O)O)c12. The Morgan fingerprint density at radius 3 is 1.74 bits per heavy atom. The number of furan rings is 2. The predicted octanol–water partition coefficient (Wildman–Crippen LogP) is 11.4. The van der Waals surface area contributed by atoms with Crippen molar-refractivity contribution in [2.45, 2.75) is 47.6 Å². The lowest BCUT2D eigenvalue weighted by Crippen LogP contribution is -2.04. The van der Waals surface area contributed by atoms with E-state index < -0.39 is 11.9 Å². The van der Waals surface area contributed by atoms with Crippen molar-refractivity contribution in [3.63, 3.8) is 0 Å². The summed E-state index contributed by atoms with van der Waals surface area (Å²) in [6, 6.07) is 26.1. The van der Waals surface area contributed by atoms with E-state index in [-0.39, 0.29) is 17.7 Å². The Morgan fingerprint density at radius 1 is 0.655 bits per heavy atom. The van der Waals surface area contributed by atoms with Crippen molar-refractivity contribution in [3.05, 3.63) is 142 Å². The van der Waals surface area contributed by atoms with Crippen LogP contribution in [0.25, 0.3) is 77.8 Å². The molecule has 5 heterocycles. The van der Waals surface area contributed by atoms with Crippen molar-refractivity contribution >= 4 is 55.7 Å². The monoisotopic (exact) mass is 767 g/mol. The predicted molar refractivity (Wildman–Crippen MR) is 224 cm³/mol. The molecule has 0 saturated carbocycles. The standard InChI is InChI=1S/C48H37N3O7/c1-6-29-17-15-24(2)43-41(29)32(47(52)53)20-34(50-43)45-26(4)39-30(11-7-13-37(39)57-45)31-12-8-14-38-40(31)27(5)46(58-38)35-21-33(48(54)55)42-36(18-16-25(3)44(42)51-35)56-23-28-10-9-19-49-22-28/h7-22H,6,23H2,1-5H3,(H,52,53)(H,54,55). The maximum Gasteiger partial charge on any atom is 0.336 e. The van der Waals surface area contributed by atoms with Crippen LogP contribution in [0.5, 0.6) is 5.75 Å². The number of carboxylic acid groups (broad SMARTS) is 2. The zero-order valence-corrected chi connectivity index (χ0v) is 32.4. The van der Waals surface area contributed by atoms with Gasteiger partial charge in [0.2, 0.25) is 0 Å². The van der Waals surface area contributed by atoms with Crippen LogP contribution in [-0.2, 0) is 13.0 Å². The Labute approximate surface area is 332 Å². The molecule has 10 heteroatoms. The van der Waals surface area contributed by atoms with Crippen LogP contribution in [0.1, 0.15) is 61.0 Å². The number of hydrogen-bond donors (Lipinski definition) is 2. The molecular formula is C48H37N3O7. The molecule has 286 valence electrons. The van der Waals surface area contributed by atoms with Crippen LogP contribution >= 0.6 is 0 Å². The number of hydrogen-bond acceptors (Lipinski definition) is 8. The third-order valence-corrected chi connectivity index (χ3v) is 11.0. The van der Waals surface area contributed by atoms with Gasteiger partial charge in [-0.05, 0) is 98.3 Å². The number of nitrogens with zero attached hydrogens (tertiary/aromatic N) is 3. The number of aromatic nitrogens is 3. The Balaban J connectivity index is 1.19. The molecule has 2 N–H and O–H groups in total. The largest absolute Gasteiger partial charge is 0.488 e. The first-order chi connectivity index (χ1) is 28.0. The molecule has 0 unspecified atom stereocenters. The molecule has 0 aliphatic heterocycles. The minimum atomic E-state index is -1.12. The molecule has 9 rings (SSSR count). The number of fused-ring (bicyclic) bond motifs is 4. The van der Waals surface area contributed by atoms with Gasteiger partial charge < -0.3 is 23.8 Å². The maximum atomic E-state index is 12.9. The number of aryl methyl sites for hydroxylation is 5. The van der Waals surface area contributed by atoms with Crippen molar-refractivity contribution in [2.24, 2.45) is 0 Å². The van der Waals surface area contributed by atoms with E-state index in [1.54, 1.807) is 30.6 Å². The second-order valence-corrected chi connectivity index (χ2v) is 14.6. The van der Waals surface area contributed by atoms with Gasteiger partial charge in [-0.2, -0.15) is 0 Å². The van der Waals surface area contributed by atoms with E-state index >= 15 is 0 Å². The van der Waals surface area contributed by atoms with Gasteiger partial charge in [0.05, 0.1) is 27.5 Å². The molecule has 0 spiro atoms. The molecule has 4 aromatic carbocycles. The van der Waals surface area contributed by atoms with Crippen LogP contribution in [0.2, 0.25) is 0 Å². The molecule has 0 saturated heterocycles. The molecule has 0 bridgehead atoms. The van der Waals surface area contributed by atoms with Crippen molar-refractivity contribution < 1.29 is 33.4 Å². The fourth-order valence-corrected chi connectivity index (χ4v) is 8.16. The summed E-state index contributed by atoms with van der Waals surface area (Å²) in [4.78, 5) is 39.7. The number of benzene rings is 4. The van der Waals surface area contributed by atoms with Gasteiger partial charge in [-0.1, -0.05) is 55.5 Å². The molecule has 0 aliphatic rings. The molecule has 10 nitrogen and oxygen atoms in total. The summed E-state index contributed by atoms with van der Waals surface area (Å²) in [6.07, 6.45) is 4.06. The van der Waals surface area contributed by atoms with E-state index in [0.29, 0.717) is 68.1 Å². The quantitative estimate of drug-likeness (QED) is 0.145. The summed E-state index contributed by atoms with van der Waals surface area (Å²) in [7, 11) is 0. The van der Waals surface area contributed by atoms with Crippen LogP contribution in [0, 0.1) is 27.7 Å². The van der Waals surface area contributed by atoms with Gasteiger partial charge in [0.15, 0.2) is 11.5 Å². The normalized spacial score (nSPS) is 11.6. The zero-order chi connectivity index (χ0) is 40.4. The topological polar surface area (TPSA) is 149 Å². The first-order valence-corrected chi connectivity index (χ1v) is 18.9. The van der Waals surface area contributed by atoms with Crippen molar-refractivity contribution in [1.82, 2.24) is 15.0 Å².